The molecule has 1 atom stereocenters. The maximum absolute atomic E-state index is 11.6. The zero-order valence-electron chi connectivity index (χ0n) is 8.53. The Morgan fingerprint density at radius 3 is 2.69 bits per heavy atom. The lowest BCUT2D eigenvalue weighted by Gasteiger charge is -2.11. The SMILES string of the molecule is CC(NC(=O)c1cc(Br)ccc1O)C(N)=O. The lowest BCUT2D eigenvalue weighted by molar-refractivity contribution is -0.119. The fourth-order valence-corrected chi connectivity index (χ4v) is 1.40. The van der Waals surface area contributed by atoms with Gasteiger partial charge in [0.2, 0.25) is 5.91 Å². The molecule has 16 heavy (non-hydrogen) atoms. The second kappa shape index (κ2) is 4.98. The summed E-state index contributed by atoms with van der Waals surface area (Å²) < 4.78 is 0.655. The molecule has 86 valence electrons. The van der Waals surface area contributed by atoms with Crippen LogP contribution in [-0.4, -0.2) is 23.0 Å². The molecule has 5 nitrogen and oxygen atoms in total. The Kier molecular flexibility index (Phi) is 3.89. The summed E-state index contributed by atoms with van der Waals surface area (Å²) >= 11 is 3.18. The third-order valence-electron chi connectivity index (χ3n) is 1.98. The molecule has 1 aromatic rings. The molecule has 4 N–H and O–H groups in total. The number of nitrogens with two attached hydrogens (primary N) is 1. The lowest BCUT2D eigenvalue weighted by atomic mass is 10.1. The zero-order valence-corrected chi connectivity index (χ0v) is 10.1. The molecule has 0 radical (unpaired) electrons. The van der Waals surface area contributed by atoms with Gasteiger partial charge in [-0.2, -0.15) is 0 Å². The normalized spacial score (nSPS) is 11.9. The van der Waals surface area contributed by atoms with Crippen molar-refractivity contribution in [3.05, 3.63) is 28.2 Å². The van der Waals surface area contributed by atoms with Crippen molar-refractivity contribution < 1.29 is 14.7 Å². The molecule has 0 spiro atoms. The number of amides is 2. The first kappa shape index (κ1) is 12.5. The third kappa shape index (κ3) is 2.96. The van der Waals surface area contributed by atoms with Gasteiger partial charge in [0.15, 0.2) is 0 Å². The summed E-state index contributed by atoms with van der Waals surface area (Å²) in [6.45, 7) is 1.47. The molecule has 0 saturated heterocycles. The lowest BCUT2D eigenvalue weighted by Crippen LogP contribution is -2.42. The summed E-state index contributed by atoms with van der Waals surface area (Å²) in [7, 11) is 0. The molecule has 0 saturated carbocycles. The van der Waals surface area contributed by atoms with Crippen LogP contribution in [0.3, 0.4) is 0 Å². The molecule has 0 bridgehead atoms. The van der Waals surface area contributed by atoms with Gasteiger partial charge in [-0.3, -0.25) is 9.59 Å². The second-order valence-corrected chi connectivity index (χ2v) is 4.17. The Morgan fingerprint density at radius 1 is 1.50 bits per heavy atom. The number of hydrogen-bond donors (Lipinski definition) is 3. The predicted octanol–water partition coefficient (Wildman–Crippen LogP) is 0.758. The van der Waals surface area contributed by atoms with Crippen molar-refractivity contribution in [1.29, 1.82) is 0 Å². The van der Waals surface area contributed by atoms with Crippen LogP contribution in [0.2, 0.25) is 0 Å². The van der Waals surface area contributed by atoms with E-state index >= 15 is 0 Å². The third-order valence-corrected chi connectivity index (χ3v) is 2.47. The van der Waals surface area contributed by atoms with Gasteiger partial charge in [-0.25, -0.2) is 0 Å². The summed E-state index contributed by atoms with van der Waals surface area (Å²) in [5.74, 6) is -1.34. The molecule has 0 aliphatic rings. The van der Waals surface area contributed by atoms with E-state index in [0.29, 0.717) is 4.47 Å². The summed E-state index contributed by atoms with van der Waals surface area (Å²) in [4.78, 5) is 22.4. The van der Waals surface area contributed by atoms with E-state index in [1.165, 1.54) is 19.1 Å². The van der Waals surface area contributed by atoms with Crippen molar-refractivity contribution in [3.63, 3.8) is 0 Å². The summed E-state index contributed by atoms with van der Waals surface area (Å²) in [5, 5.41) is 11.8. The molecule has 0 aliphatic heterocycles. The van der Waals surface area contributed by atoms with Gasteiger partial charge >= 0.3 is 0 Å². The average Bonchev–Trinajstić information content (AvgIpc) is 2.21. The van der Waals surface area contributed by atoms with Gasteiger partial charge in [0.25, 0.3) is 5.91 Å². The van der Waals surface area contributed by atoms with E-state index in [4.69, 9.17) is 5.73 Å². The molecule has 1 unspecified atom stereocenters. The highest BCUT2D eigenvalue weighted by atomic mass is 79.9. The minimum Gasteiger partial charge on any atom is -0.507 e. The maximum atomic E-state index is 11.6. The van der Waals surface area contributed by atoms with E-state index in [-0.39, 0.29) is 11.3 Å². The molecule has 1 rings (SSSR count). The number of rotatable bonds is 3. The fraction of sp³-hybridized carbons (Fsp3) is 0.200. The second-order valence-electron chi connectivity index (χ2n) is 3.26. The molecule has 0 aliphatic carbocycles. The Labute approximate surface area is 101 Å². The number of phenols is 1. The molecule has 0 fully saturated rings. The van der Waals surface area contributed by atoms with E-state index in [2.05, 4.69) is 21.2 Å². The molecular weight excluding hydrogens is 276 g/mol. The number of benzene rings is 1. The van der Waals surface area contributed by atoms with E-state index in [9.17, 15) is 14.7 Å². The van der Waals surface area contributed by atoms with Crippen molar-refractivity contribution in [1.82, 2.24) is 5.32 Å². The van der Waals surface area contributed by atoms with Crippen molar-refractivity contribution in [2.75, 3.05) is 0 Å². The van der Waals surface area contributed by atoms with Gasteiger partial charge in [0.05, 0.1) is 5.56 Å². The van der Waals surface area contributed by atoms with Gasteiger partial charge in [-0.05, 0) is 25.1 Å². The Morgan fingerprint density at radius 2 is 2.12 bits per heavy atom. The van der Waals surface area contributed by atoms with Gasteiger partial charge in [0, 0.05) is 4.47 Å². The summed E-state index contributed by atoms with van der Waals surface area (Å²) in [6, 6.07) is 3.65. The van der Waals surface area contributed by atoms with Gasteiger partial charge in [-0.1, -0.05) is 15.9 Å². The molecular formula is C10H11BrN2O3. The fourth-order valence-electron chi connectivity index (χ4n) is 1.04. The highest BCUT2D eigenvalue weighted by Gasteiger charge is 2.16. The van der Waals surface area contributed by atoms with Crippen LogP contribution in [0.15, 0.2) is 22.7 Å². The highest BCUT2D eigenvalue weighted by molar-refractivity contribution is 9.10. The maximum Gasteiger partial charge on any atom is 0.255 e. The van der Waals surface area contributed by atoms with Gasteiger partial charge < -0.3 is 16.2 Å². The number of carbonyl (C=O) groups is 2. The van der Waals surface area contributed by atoms with Crippen LogP contribution in [-0.2, 0) is 4.79 Å². The molecule has 6 heteroatoms. The highest BCUT2D eigenvalue weighted by Crippen LogP contribution is 2.21. The van der Waals surface area contributed by atoms with Crippen LogP contribution in [0.1, 0.15) is 17.3 Å². The topological polar surface area (TPSA) is 92.4 Å². The number of aromatic hydroxyl groups is 1. The van der Waals surface area contributed by atoms with Crippen molar-refractivity contribution in [2.24, 2.45) is 5.73 Å². The van der Waals surface area contributed by atoms with Crippen LogP contribution < -0.4 is 11.1 Å². The molecule has 1 aromatic carbocycles. The first-order valence-electron chi connectivity index (χ1n) is 4.50. The van der Waals surface area contributed by atoms with Gasteiger partial charge in [0.1, 0.15) is 11.8 Å². The monoisotopic (exact) mass is 286 g/mol. The number of carbonyl (C=O) groups excluding carboxylic acids is 2. The minimum atomic E-state index is -0.786. The average molecular weight is 287 g/mol. The van der Waals surface area contributed by atoms with E-state index in [0.717, 1.165) is 0 Å². The largest absolute Gasteiger partial charge is 0.507 e. The van der Waals surface area contributed by atoms with E-state index in [1.54, 1.807) is 6.07 Å². The number of phenolic OH excluding ortho intramolecular Hbond substituents is 1. The Bertz CT molecular complexity index is 434. The number of primary amides is 1. The van der Waals surface area contributed by atoms with Crippen LogP contribution in [0, 0.1) is 0 Å². The van der Waals surface area contributed by atoms with Crippen LogP contribution in [0.4, 0.5) is 0 Å². The Balaban J connectivity index is 2.88. The van der Waals surface area contributed by atoms with Crippen LogP contribution >= 0.6 is 15.9 Å². The van der Waals surface area contributed by atoms with E-state index in [1.807, 2.05) is 0 Å². The summed E-state index contributed by atoms with van der Waals surface area (Å²) in [6.07, 6.45) is 0. The quantitative estimate of drug-likeness (QED) is 0.766. The number of halogens is 1. The smallest absolute Gasteiger partial charge is 0.255 e. The van der Waals surface area contributed by atoms with Crippen LogP contribution in [0.5, 0.6) is 5.75 Å². The minimum absolute atomic E-state index is 0.0856. The predicted molar refractivity (Wildman–Crippen MR) is 61.9 cm³/mol. The van der Waals surface area contributed by atoms with Crippen molar-refractivity contribution in [3.8, 4) is 5.75 Å². The molecule has 2 amide bonds. The first-order valence-corrected chi connectivity index (χ1v) is 5.30. The van der Waals surface area contributed by atoms with Gasteiger partial charge in [-0.15, -0.1) is 0 Å². The van der Waals surface area contributed by atoms with Crippen molar-refractivity contribution in [2.45, 2.75) is 13.0 Å². The standard InChI is InChI=1S/C10H11BrN2O3/c1-5(9(12)15)13-10(16)7-4-6(11)2-3-8(7)14/h2-5,14H,1H3,(H2,12,15)(H,13,16). The Hall–Kier alpha value is -1.56. The zero-order chi connectivity index (χ0) is 12.3. The molecule has 0 aromatic heterocycles. The molecule has 0 heterocycles. The van der Waals surface area contributed by atoms with Crippen molar-refractivity contribution >= 4 is 27.7 Å². The summed E-state index contributed by atoms with van der Waals surface area (Å²) in [5.41, 5.74) is 5.09. The van der Waals surface area contributed by atoms with Crippen LogP contribution in [0.25, 0.3) is 0 Å². The van der Waals surface area contributed by atoms with E-state index < -0.39 is 17.9 Å². The number of nitrogens with one attached hydrogen (secondary N) is 1. The first-order chi connectivity index (χ1) is 7.41. The number of hydrogen-bond acceptors (Lipinski definition) is 3.